The smallest absolute Gasteiger partial charge is 0.269 e. The molecule has 1 fully saturated rings. The molecular weight excluding hydrogens is 416 g/mol. The third-order valence-electron chi connectivity index (χ3n) is 4.72. The first-order valence-electron chi connectivity index (χ1n) is 8.87. The van der Waals surface area contributed by atoms with Crippen LogP contribution in [0, 0.1) is 10.1 Å². The Morgan fingerprint density at radius 3 is 2.60 bits per heavy atom. The molecule has 3 aromatic rings. The Bertz CT molecular complexity index is 1080. The fourth-order valence-corrected chi connectivity index (χ4v) is 4.10. The molecular formula is C17H18N6O6S. The quantitative estimate of drug-likeness (QED) is 0.180. The number of nitro benzene ring substituents is 1. The van der Waals surface area contributed by atoms with Crippen LogP contribution in [0.25, 0.3) is 11.2 Å². The molecule has 5 N–H and O–H groups in total. The number of nitrogens with two attached hydrogens (primary N) is 1. The fourth-order valence-electron chi connectivity index (χ4n) is 3.17. The van der Waals surface area contributed by atoms with E-state index in [2.05, 4.69) is 15.0 Å². The van der Waals surface area contributed by atoms with Crippen LogP contribution >= 0.6 is 11.8 Å². The number of rotatable bonds is 6. The summed E-state index contributed by atoms with van der Waals surface area (Å²) in [5.74, 6) is 0.451. The second kappa shape index (κ2) is 8.12. The van der Waals surface area contributed by atoms with E-state index in [9.17, 15) is 25.4 Å². The summed E-state index contributed by atoms with van der Waals surface area (Å²) in [6, 6.07) is 6.17. The highest BCUT2D eigenvalue weighted by molar-refractivity contribution is 7.98. The third kappa shape index (κ3) is 3.68. The van der Waals surface area contributed by atoms with Crippen molar-refractivity contribution in [3.63, 3.8) is 0 Å². The molecule has 0 radical (unpaired) electrons. The molecule has 1 aliphatic rings. The maximum absolute atomic E-state index is 10.8. The predicted molar refractivity (Wildman–Crippen MR) is 105 cm³/mol. The SMILES string of the molecule is Nc1nc(SCc2ccc([N+](=O)[O-])cc2)c2ncn([C@H]3O[C@@H](CO)[C@@H](O)[C@H]3O)c2n1. The largest absolute Gasteiger partial charge is 0.394 e. The number of aliphatic hydroxyl groups excluding tert-OH is 3. The van der Waals surface area contributed by atoms with Gasteiger partial charge in [0.25, 0.3) is 5.69 Å². The molecule has 0 spiro atoms. The topological polar surface area (TPSA) is 183 Å². The highest BCUT2D eigenvalue weighted by Gasteiger charge is 2.44. The standard InChI is InChI=1S/C17H18N6O6S/c18-17-20-14-11(19-7-22(14)16-13(26)12(25)10(5-24)29-16)15(21-17)30-6-8-1-3-9(4-2-8)23(27)28/h1-4,7,10,12-13,16,24-26H,5-6H2,(H2,18,20,21)/t10-,12+,13+,16-/m0/s1. The first kappa shape index (κ1) is 20.4. The molecule has 3 heterocycles. The lowest BCUT2D eigenvalue weighted by Crippen LogP contribution is -2.33. The summed E-state index contributed by atoms with van der Waals surface area (Å²) in [5, 5.41) is 40.8. The average molecular weight is 434 g/mol. The minimum absolute atomic E-state index is 0.00894. The molecule has 4 atom stereocenters. The summed E-state index contributed by atoms with van der Waals surface area (Å²) in [4.78, 5) is 23.0. The Balaban J connectivity index is 1.60. The van der Waals surface area contributed by atoms with E-state index in [-0.39, 0.29) is 11.6 Å². The van der Waals surface area contributed by atoms with Gasteiger partial charge in [-0.05, 0) is 5.56 Å². The van der Waals surface area contributed by atoms with Crippen LogP contribution in [0.1, 0.15) is 11.8 Å². The molecule has 13 heteroatoms. The Morgan fingerprint density at radius 1 is 1.23 bits per heavy atom. The van der Waals surface area contributed by atoms with Crippen molar-refractivity contribution in [3.05, 3.63) is 46.3 Å². The second-order valence-electron chi connectivity index (χ2n) is 6.65. The number of hydrogen-bond donors (Lipinski definition) is 4. The van der Waals surface area contributed by atoms with Crippen molar-refractivity contribution in [2.75, 3.05) is 12.3 Å². The normalized spacial score (nSPS) is 23.8. The first-order chi connectivity index (χ1) is 14.4. The molecule has 4 rings (SSSR count). The van der Waals surface area contributed by atoms with Gasteiger partial charge in [0.2, 0.25) is 5.95 Å². The van der Waals surface area contributed by atoms with Gasteiger partial charge in [-0.3, -0.25) is 14.7 Å². The molecule has 0 aliphatic carbocycles. The predicted octanol–water partition coefficient (Wildman–Crippen LogP) is 0.220. The van der Waals surface area contributed by atoms with Gasteiger partial charge in [0.05, 0.1) is 17.9 Å². The van der Waals surface area contributed by atoms with Gasteiger partial charge in [0.15, 0.2) is 11.9 Å². The molecule has 1 aromatic carbocycles. The molecule has 0 bridgehead atoms. The summed E-state index contributed by atoms with van der Waals surface area (Å²) in [6.45, 7) is -0.450. The summed E-state index contributed by atoms with van der Waals surface area (Å²) >= 11 is 1.32. The van der Waals surface area contributed by atoms with Crippen molar-refractivity contribution < 1.29 is 25.0 Å². The van der Waals surface area contributed by atoms with Gasteiger partial charge < -0.3 is 25.8 Å². The zero-order valence-electron chi connectivity index (χ0n) is 15.4. The average Bonchev–Trinajstić information content (AvgIpc) is 3.27. The Labute approximate surface area is 173 Å². The highest BCUT2D eigenvalue weighted by atomic mass is 32.2. The third-order valence-corrected chi connectivity index (χ3v) is 5.76. The van der Waals surface area contributed by atoms with E-state index in [1.54, 1.807) is 12.1 Å². The first-order valence-corrected chi connectivity index (χ1v) is 9.86. The number of fused-ring (bicyclic) bond motifs is 1. The number of ether oxygens (including phenoxy) is 1. The van der Waals surface area contributed by atoms with Crippen LogP contribution < -0.4 is 5.73 Å². The molecule has 1 saturated heterocycles. The van der Waals surface area contributed by atoms with Crippen molar-refractivity contribution >= 4 is 34.6 Å². The summed E-state index contributed by atoms with van der Waals surface area (Å²) in [6.07, 6.45) is -3.07. The molecule has 0 amide bonds. The van der Waals surface area contributed by atoms with E-state index in [1.165, 1.54) is 34.8 Å². The van der Waals surface area contributed by atoms with Gasteiger partial charge >= 0.3 is 0 Å². The number of benzene rings is 1. The zero-order valence-corrected chi connectivity index (χ0v) is 16.2. The number of aromatic nitrogens is 4. The summed E-state index contributed by atoms with van der Waals surface area (Å²) in [7, 11) is 0. The van der Waals surface area contributed by atoms with E-state index in [0.29, 0.717) is 21.9 Å². The van der Waals surface area contributed by atoms with E-state index in [0.717, 1.165) is 5.56 Å². The molecule has 30 heavy (non-hydrogen) atoms. The number of thioether (sulfide) groups is 1. The van der Waals surface area contributed by atoms with Crippen molar-refractivity contribution in [2.24, 2.45) is 0 Å². The van der Waals surface area contributed by atoms with Gasteiger partial charge in [-0.25, -0.2) is 9.97 Å². The number of nitrogens with zero attached hydrogens (tertiary/aromatic N) is 5. The number of imidazole rings is 1. The molecule has 1 aliphatic heterocycles. The zero-order chi connectivity index (χ0) is 21.4. The Kier molecular flexibility index (Phi) is 5.53. The lowest BCUT2D eigenvalue weighted by atomic mass is 10.1. The van der Waals surface area contributed by atoms with Gasteiger partial charge in [0.1, 0.15) is 28.9 Å². The molecule has 158 valence electrons. The number of non-ortho nitro benzene ring substituents is 1. The van der Waals surface area contributed by atoms with Crippen molar-refractivity contribution in [1.82, 2.24) is 19.5 Å². The summed E-state index contributed by atoms with van der Waals surface area (Å²) in [5.41, 5.74) is 7.43. The van der Waals surface area contributed by atoms with Crippen molar-refractivity contribution in [3.8, 4) is 0 Å². The van der Waals surface area contributed by atoms with Gasteiger partial charge in [-0.1, -0.05) is 23.9 Å². The van der Waals surface area contributed by atoms with Crippen LogP contribution in [0.15, 0.2) is 35.6 Å². The maximum Gasteiger partial charge on any atom is 0.269 e. The van der Waals surface area contributed by atoms with E-state index in [1.807, 2.05) is 0 Å². The van der Waals surface area contributed by atoms with Crippen molar-refractivity contribution in [1.29, 1.82) is 0 Å². The Hall–Kier alpha value is -2.84. The lowest BCUT2D eigenvalue weighted by Gasteiger charge is -2.16. The van der Waals surface area contributed by atoms with Crippen LogP contribution in [0.5, 0.6) is 0 Å². The maximum atomic E-state index is 10.8. The molecule has 12 nitrogen and oxygen atoms in total. The van der Waals surface area contributed by atoms with Crippen LogP contribution in [-0.2, 0) is 10.5 Å². The van der Waals surface area contributed by atoms with Crippen LogP contribution in [0.3, 0.4) is 0 Å². The summed E-state index contributed by atoms with van der Waals surface area (Å²) < 4.78 is 6.97. The van der Waals surface area contributed by atoms with Gasteiger partial charge in [-0.15, -0.1) is 0 Å². The minimum atomic E-state index is -1.29. The highest BCUT2D eigenvalue weighted by Crippen LogP contribution is 2.34. The number of anilines is 1. The van der Waals surface area contributed by atoms with Crippen LogP contribution in [0.4, 0.5) is 11.6 Å². The number of aliphatic hydroxyl groups is 3. The number of nitro groups is 1. The molecule has 0 saturated carbocycles. The van der Waals surface area contributed by atoms with E-state index < -0.39 is 36.1 Å². The second-order valence-corrected chi connectivity index (χ2v) is 7.62. The van der Waals surface area contributed by atoms with E-state index in [4.69, 9.17) is 10.5 Å². The minimum Gasteiger partial charge on any atom is -0.394 e. The molecule has 2 aromatic heterocycles. The lowest BCUT2D eigenvalue weighted by molar-refractivity contribution is -0.384. The van der Waals surface area contributed by atoms with E-state index >= 15 is 0 Å². The number of hydrogen-bond acceptors (Lipinski definition) is 11. The fraction of sp³-hybridized carbons (Fsp3) is 0.353. The van der Waals surface area contributed by atoms with Crippen LogP contribution in [-0.4, -0.2) is 64.7 Å². The van der Waals surface area contributed by atoms with Crippen molar-refractivity contribution in [2.45, 2.75) is 35.3 Å². The van der Waals surface area contributed by atoms with Crippen LogP contribution in [0.2, 0.25) is 0 Å². The van der Waals surface area contributed by atoms with Gasteiger partial charge in [0, 0.05) is 17.9 Å². The Morgan fingerprint density at radius 2 is 1.97 bits per heavy atom. The monoisotopic (exact) mass is 434 g/mol. The molecule has 0 unspecified atom stereocenters. The number of nitrogen functional groups attached to an aromatic ring is 1. The van der Waals surface area contributed by atoms with Gasteiger partial charge in [-0.2, -0.15) is 4.98 Å².